The van der Waals surface area contributed by atoms with Gasteiger partial charge >= 0.3 is 0 Å². The summed E-state index contributed by atoms with van der Waals surface area (Å²) in [6.07, 6.45) is 2.24. The molecule has 1 amide bonds. The quantitative estimate of drug-likeness (QED) is 0.894. The number of rotatable bonds is 3. The zero-order chi connectivity index (χ0) is 14.0. The molecule has 2 rings (SSSR count). The van der Waals surface area contributed by atoms with Gasteiger partial charge < -0.3 is 16.4 Å². The molecule has 1 unspecified atom stereocenters. The summed E-state index contributed by atoms with van der Waals surface area (Å²) in [6, 6.07) is 5.97. The van der Waals surface area contributed by atoms with E-state index in [4.69, 9.17) is 11.5 Å². The molecule has 4 N–H and O–H groups in total. The second-order valence-electron chi connectivity index (χ2n) is 5.21. The molecule has 5 heteroatoms. The summed E-state index contributed by atoms with van der Waals surface area (Å²) in [5.74, 6) is 0.207. The summed E-state index contributed by atoms with van der Waals surface area (Å²) in [5.41, 5.74) is 12.9. The van der Waals surface area contributed by atoms with Crippen LogP contribution in [0.3, 0.4) is 0 Å². The topological polar surface area (TPSA) is 72.3 Å². The molecule has 0 saturated carbocycles. The van der Waals surface area contributed by atoms with Crippen molar-refractivity contribution < 1.29 is 4.79 Å². The minimum atomic E-state index is -0.408. The number of carbonyl (C=O) groups is 1. The highest BCUT2D eigenvalue weighted by molar-refractivity contribution is 9.10. The smallest absolute Gasteiger partial charge is 0.249 e. The molecule has 1 fully saturated rings. The van der Waals surface area contributed by atoms with Crippen LogP contribution in [0.15, 0.2) is 22.7 Å². The van der Waals surface area contributed by atoms with Crippen LogP contribution in [-0.4, -0.2) is 25.0 Å². The van der Waals surface area contributed by atoms with E-state index in [-0.39, 0.29) is 6.04 Å². The Bertz CT molecular complexity index is 468. The van der Waals surface area contributed by atoms with Gasteiger partial charge in [0.25, 0.3) is 0 Å². The van der Waals surface area contributed by atoms with E-state index in [1.54, 1.807) is 6.07 Å². The Morgan fingerprint density at radius 1 is 1.42 bits per heavy atom. The Morgan fingerprint density at radius 3 is 2.53 bits per heavy atom. The highest BCUT2D eigenvalue weighted by atomic mass is 79.9. The van der Waals surface area contributed by atoms with Gasteiger partial charge in [0, 0.05) is 29.3 Å². The molecule has 1 aromatic carbocycles. The van der Waals surface area contributed by atoms with Crippen LogP contribution >= 0.6 is 15.9 Å². The lowest BCUT2D eigenvalue weighted by molar-refractivity contribution is 0.0999. The van der Waals surface area contributed by atoms with Gasteiger partial charge in [-0.1, -0.05) is 0 Å². The van der Waals surface area contributed by atoms with Crippen LogP contribution in [0.5, 0.6) is 0 Å². The van der Waals surface area contributed by atoms with Crippen molar-refractivity contribution in [1.82, 2.24) is 0 Å². The van der Waals surface area contributed by atoms with Crippen molar-refractivity contribution in [1.29, 1.82) is 0 Å². The molecule has 4 nitrogen and oxygen atoms in total. The summed E-state index contributed by atoms with van der Waals surface area (Å²) in [6.45, 7) is 4.10. The molecule has 1 heterocycles. The predicted molar refractivity (Wildman–Crippen MR) is 81.2 cm³/mol. The summed E-state index contributed by atoms with van der Waals surface area (Å²) in [7, 11) is 0. The Hall–Kier alpha value is -1.07. The molecule has 0 aromatic heterocycles. The van der Waals surface area contributed by atoms with Gasteiger partial charge in [-0.05, 0) is 59.8 Å². The van der Waals surface area contributed by atoms with E-state index < -0.39 is 5.91 Å². The van der Waals surface area contributed by atoms with Gasteiger partial charge in [0.2, 0.25) is 5.91 Å². The molecule has 1 aromatic rings. The lowest BCUT2D eigenvalue weighted by Gasteiger charge is -2.35. The number of carbonyl (C=O) groups excluding carboxylic acids is 1. The second kappa shape index (κ2) is 5.92. The van der Waals surface area contributed by atoms with Gasteiger partial charge in [-0.15, -0.1) is 0 Å². The van der Waals surface area contributed by atoms with Gasteiger partial charge in [-0.2, -0.15) is 0 Å². The van der Waals surface area contributed by atoms with Crippen molar-refractivity contribution in [2.24, 2.45) is 17.4 Å². The largest absolute Gasteiger partial charge is 0.371 e. The molecule has 1 atom stereocenters. The maximum atomic E-state index is 11.2. The highest BCUT2D eigenvalue weighted by Gasteiger charge is 2.22. The molecular formula is C14H20BrN3O. The number of hydrogen-bond acceptors (Lipinski definition) is 3. The molecule has 104 valence electrons. The van der Waals surface area contributed by atoms with Crippen molar-refractivity contribution in [2.75, 3.05) is 18.0 Å². The minimum absolute atomic E-state index is 0.270. The number of nitrogens with two attached hydrogens (primary N) is 2. The Morgan fingerprint density at radius 2 is 2.05 bits per heavy atom. The van der Waals surface area contributed by atoms with Gasteiger partial charge in [-0.3, -0.25) is 4.79 Å². The number of nitrogens with zero attached hydrogens (tertiary/aromatic N) is 1. The monoisotopic (exact) mass is 325 g/mol. The summed E-state index contributed by atoms with van der Waals surface area (Å²) in [5, 5.41) is 0. The van der Waals surface area contributed by atoms with Gasteiger partial charge in [0.15, 0.2) is 0 Å². The van der Waals surface area contributed by atoms with Crippen molar-refractivity contribution in [3.63, 3.8) is 0 Å². The molecule has 0 bridgehead atoms. The molecule has 1 saturated heterocycles. The van der Waals surface area contributed by atoms with Crippen LogP contribution in [0.1, 0.15) is 30.1 Å². The fourth-order valence-corrected chi connectivity index (χ4v) is 3.15. The molecule has 1 aliphatic rings. The number of amides is 1. The third-order valence-electron chi connectivity index (χ3n) is 3.87. The van der Waals surface area contributed by atoms with Gasteiger partial charge in [0.1, 0.15) is 0 Å². The first-order chi connectivity index (χ1) is 8.99. The zero-order valence-corrected chi connectivity index (χ0v) is 12.7. The second-order valence-corrected chi connectivity index (χ2v) is 6.07. The summed E-state index contributed by atoms with van der Waals surface area (Å²) < 4.78 is 0.756. The number of primary amides is 1. The third-order valence-corrected chi connectivity index (χ3v) is 4.52. The molecule has 0 aliphatic carbocycles. The van der Waals surface area contributed by atoms with Crippen LogP contribution < -0.4 is 16.4 Å². The first kappa shape index (κ1) is 14.3. The normalized spacial score (nSPS) is 18.4. The van der Waals surface area contributed by atoms with E-state index in [9.17, 15) is 4.79 Å². The number of piperidine rings is 1. The van der Waals surface area contributed by atoms with E-state index in [2.05, 4.69) is 27.8 Å². The average molecular weight is 326 g/mol. The summed E-state index contributed by atoms with van der Waals surface area (Å²) in [4.78, 5) is 13.5. The summed E-state index contributed by atoms with van der Waals surface area (Å²) >= 11 is 3.40. The van der Waals surface area contributed by atoms with Crippen molar-refractivity contribution >= 4 is 27.5 Å². The van der Waals surface area contributed by atoms with E-state index in [1.165, 1.54) is 0 Å². The van der Waals surface area contributed by atoms with Crippen molar-refractivity contribution in [3.05, 3.63) is 28.2 Å². The predicted octanol–water partition coefficient (Wildman–Crippen LogP) is 2.11. The number of halogens is 1. The number of anilines is 1. The SMILES string of the molecule is CC(N)C1CCN(c2ccc(C(N)=O)c(Br)c2)CC1. The fraction of sp³-hybridized carbons (Fsp3) is 0.500. The Labute approximate surface area is 122 Å². The van der Waals surface area contributed by atoms with Crippen LogP contribution in [-0.2, 0) is 0 Å². The van der Waals surface area contributed by atoms with Crippen molar-refractivity contribution in [2.45, 2.75) is 25.8 Å². The van der Waals surface area contributed by atoms with Gasteiger partial charge in [-0.25, -0.2) is 0 Å². The standard InChI is InChI=1S/C14H20BrN3O/c1-9(16)10-4-6-18(7-5-10)11-2-3-12(14(17)19)13(15)8-11/h2-3,8-10H,4-7,16H2,1H3,(H2,17,19). The highest BCUT2D eigenvalue weighted by Crippen LogP contribution is 2.28. The van der Waals surface area contributed by atoms with E-state index in [1.807, 2.05) is 12.1 Å². The van der Waals surface area contributed by atoms with Crippen molar-refractivity contribution in [3.8, 4) is 0 Å². The fourth-order valence-electron chi connectivity index (χ4n) is 2.58. The maximum Gasteiger partial charge on any atom is 0.249 e. The Balaban J connectivity index is 2.08. The molecule has 0 radical (unpaired) electrons. The van der Waals surface area contributed by atoms with E-state index in [0.717, 1.165) is 36.1 Å². The van der Waals surface area contributed by atoms with Crippen LogP contribution in [0.2, 0.25) is 0 Å². The minimum Gasteiger partial charge on any atom is -0.371 e. The third kappa shape index (κ3) is 3.28. The maximum absolute atomic E-state index is 11.2. The average Bonchev–Trinajstić information content (AvgIpc) is 2.38. The lowest BCUT2D eigenvalue weighted by atomic mass is 9.90. The lowest BCUT2D eigenvalue weighted by Crippen LogP contribution is -2.39. The zero-order valence-electron chi connectivity index (χ0n) is 11.1. The number of benzene rings is 1. The van der Waals surface area contributed by atoms with Crippen LogP contribution in [0.25, 0.3) is 0 Å². The van der Waals surface area contributed by atoms with Crippen LogP contribution in [0.4, 0.5) is 5.69 Å². The molecule has 19 heavy (non-hydrogen) atoms. The molecule has 1 aliphatic heterocycles. The molecule has 0 spiro atoms. The number of hydrogen-bond donors (Lipinski definition) is 2. The van der Waals surface area contributed by atoms with E-state index in [0.29, 0.717) is 11.5 Å². The Kier molecular flexibility index (Phi) is 4.47. The van der Waals surface area contributed by atoms with Gasteiger partial charge in [0.05, 0.1) is 5.56 Å². The first-order valence-electron chi connectivity index (χ1n) is 6.59. The van der Waals surface area contributed by atoms with E-state index >= 15 is 0 Å². The molecular weight excluding hydrogens is 306 g/mol. The van der Waals surface area contributed by atoms with Crippen LogP contribution in [0, 0.1) is 5.92 Å². The first-order valence-corrected chi connectivity index (χ1v) is 7.38.